The van der Waals surface area contributed by atoms with Crippen LogP contribution in [0, 0.1) is 6.92 Å². The molecule has 4 nitrogen and oxygen atoms in total. The lowest BCUT2D eigenvalue weighted by atomic mass is 10.1. The number of hydrogen-bond acceptors (Lipinski definition) is 3. The largest absolute Gasteiger partial charge is 0.493 e. The molecular weight excluding hydrogens is 254 g/mol. The second-order valence-corrected chi connectivity index (χ2v) is 4.61. The highest BCUT2D eigenvalue weighted by atomic mass is 16.5. The van der Waals surface area contributed by atoms with Crippen molar-refractivity contribution in [1.82, 2.24) is 4.98 Å². The van der Waals surface area contributed by atoms with Crippen LogP contribution in [-0.2, 0) is 6.42 Å². The summed E-state index contributed by atoms with van der Waals surface area (Å²) in [5, 5.41) is 9.10. The van der Waals surface area contributed by atoms with Crippen molar-refractivity contribution >= 4 is 5.97 Å². The number of hydrogen-bond donors (Lipinski definition) is 1. The van der Waals surface area contributed by atoms with E-state index in [-0.39, 0.29) is 5.56 Å². The lowest BCUT2D eigenvalue weighted by Gasteiger charge is -2.10. The Morgan fingerprint density at radius 2 is 2.00 bits per heavy atom. The maximum absolute atomic E-state index is 11.1. The van der Waals surface area contributed by atoms with Crippen LogP contribution in [0.25, 0.3) is 0 Å². The van der Waals surface area contributed by atoms with E-state index in [2.05, 4.69) is 4.98 Å². The first-order chi connectivity index (χ1) is 9.66. The first-order valence-electron chi connectivity index (χ1n) is 6.52. The zero-order valence-corrected chi connectivity index (χ0v) is 11.4. The zero-order valence-electron chi connectivity index (χ0n) is 11.4. The minimum atomic E-state index is -0.964. The molecule has 0 atom stereocenters. The third-order valence-corrected chi connectivity index (χ3v) is 2.98. The van der Waals surface area contributed by atoms with Crippen LogP contribution in [-0.4, -0.2) is 22.7 Å². The maximum atomic E-state index is 11.1. The normalized spacial score (nSPS) is 10.2. The fourth-order valence-electron chi connectivity index (χ4n) is 1.93. The van der Waals surface area contributed by atoms with Crippen LogP contribution >= 0.6 is 0 Å². The summed E-state index contributed by atoms with van der Waals surface area (Å²) >= 11 is 0. The molecule has 0 aliphatic heterocycles. The number of carboxylic acids is 1. The summed E-state index contributed by atoms with van der Waals surface area (Å²) in [7, 11) is 0. The molecule has 1 aromatic carbocycles. The Bertz CT molecular complexity index is 582. The van der Waals surface area contributed by atoms with Gasteiger partial charge in [0.15, 0.2) is 0 Å². The van der Waals surface area contributed by atoms with Crippen LogP contribution in [0.3, 0.4) is 0 Å². The molecule has 1 N–H and O–H groups in total. The molecule has 0 amide bonds. The van der Waals surface area contributed by atoms with Gasteiger partial charge in [-0.05, 0) is 55.2 Å². The SMILES string of the molecule is Cc1ccc(C(=O)O)c(OCCCc2ccncc2)c1. The second kappa shape index (κ2) is 6.70. The van der Waals surface area contributed by atoms with E-state index in [0.29, 0.717) is 12.4 Å². The molecule has 1 aromatic heterocycles. The number of aromatic nitrogens is 1. The lowest BCUT2D eigenvalue weighted by molar-refractivity contribution is 0.0692. The Morgan fingerprint density at radius 3 is 2.70 bits per heavy atom. The van der Waals surface area contributed by atoms with E-state index < -0.39 is 5.97 Å². The zero-order chi connectivity index (χ0) is 14.4. The van der Waals surface area contributed by atoms with Crippen molar-refractivity contribution in [3.05, 3.63) is 59.4 Å². The first kappa shape index (κ1) is 14.1. The monoisotopic (exact) mass is 271 g/mol. The average Bonchev–Trinajstić information content (AvgIpc) is 2.44. The maximum Gasteiger partial charge on any atom is 0.339 e. The molecule has 0 saturated heterocycles. The van der Waals surface area contributed by atoms with Crippen LogP contribution in [0.2, 0.25) is 0 Å². The smallest absolute Gasteiger partial charge is 0.339 e. The molecule has 1 heterocycles. The number of benzene rings is 1. The Balaban J connectivity index is 1.91. The Labute approximate surface area is 118 Å². The molecule has 0 bridgehead atoms. The lowest BCUT2D eigenvalue weighted by Crippen LogP contribution is -2.05. The van der Waals surface area contributed by atoms with Gasteiger partial charge < -0.3 is 9.84 Å². The molecule has 0 aliphatic carbocycles. The molecule has 0 saturated carbocycles. The van der Waals surface area contributed by atoms with Gasteiger partial charge in [-0.25, -0.2) is 4.79 Å². The van der Waals surface area contributed by atoms with Crippen molar-refractivity contribution in [2.24, 2.45) is 0 Å². The molecule has 0 spiro atoms. The molecule has 104 valence electrons. The predicted octanol–water partition coefficient (Wildman–Crippen LogP) is 3.10. The van der Waals surface area contributed by atoms with E-state index in [1.54, 1.807) is 30.6 Å². The third-order valence-electron chi connectivity index (χ3n) is 2.98. The van der Waals surface area contributed by atoms with Crippen molar-refractivity contribution in [3.8, 4) is 5.75 Å². The molecule has 2 aromatic rings. The Morgan fingerprint density at radius 1 is 1.25 bits per heavy atom. The van der Waals surface area contributed by atoms with E-state index in [1.165, 1.54) is 5.56 Å². The van der Waals surface area contributed by atoms with E-state index >= 15 is 0 Å². The highest BCUT2D eigenvalue weighted by Gasteiger charge is 2.10. The van der Waals surface area contributed by atoms with Gasteiger partial charge in [0, 0.05) is 12.4 Å². The van der Waals surface area contributed by atoms with Crippen molar-refractivity contribution < 1.29 is 14.6 Å². The summed E-state index contributed by atoms with van der Waals surface area (Å²) in [4.78, 5) is 15.1. The van der Waals surface area contributed by atoms with Crippen LogP contribution in [0.4, 0.5) is 0 Å². The number of carboxylic acid groups (broad SMARTS) is 1. The number of nitrogens with zero attached hydrogens (tertiary/aromatic N) is 1. The van der Waals surface area contributed by atoms with Crippen molar-refractivity contribution in [1.29, 1.82) is 0 Å². The molecule has 0 aliphatic rings. The van der Waals surface area contributed by atoms with E-state index in [4.69, 9.17) is 9.84 Å². The van der Waals surface area contributed by atoms with Gasteiger partial charge >= 0.3 is 5.97 Å². The van der Waals surface area contributed by atoms with Crippen LogP contribution in [0.15, 0.2) is 42.7 Å². The minimum Gasteiger partial charge on any atom is -0.493 e. The van der Waals surface area contributed by atoms with Gasteiger partial charge in [0.2, 0.25) is 0 Å². The van der Waals surface area contributed by atoms with Crippen LogP contribution in [0.5, 0.6) is 5.75 Å². The number of rotatable bonds is 6. The Hall–Kier alpha value is -2.36. The average molecular weight is 271 g/mol. The molecular formula is C16H17NO3. The topological polar surface area (TPSA) is 59.4 Å². The van der Waals surface area contributed by atoms with E-state index in [0.717, 1.165) is 18.4 Å². The number of aromatic carboxylic acids is 1. The fourth-order valence-corrected chi connectivity index (χ4v) is 1.93. The van der Waals surface area contributed by atoms with Crippen molar-refractivity contribution in [3.63, 3.8) is 0 Å². The predicted molar refractivity (Wildman–Crippen MR) is 76.2 cm³/mol. The molecule has 4 heteroatoms. The van der Waals surface area contributed by atoms with Gasteiger partial charge in [-0.1, -0.05) is 6.07 Å². The first-order valence-corrected chi connectivity index (χ1v) is 6.52. The quantitative estimate of drug-likeness (QED) is 0.820. The minimum absolute atomic E-state index is 0.208. The fraction of sp³-hybridized carbons (Fsp3) is 0.250. The number of ether oxygens (including phenoxy) is 1. The Kier molecular flexibility index (Phi) is 4.71. The summed E-state index contributed by atoms with van der Waals surface area (Å²) in [5.74, 6) is -0.527. The molecule has 0 unspecified atom stereocenters. The molecule has 0 fully saturated rings. The molecule has 20 heavy (non-hydrogen) atoms. The standard InChI is InChI=1S/C16H17NO3/c1-12-4-5-14(16(18)19)15(11-12)20-10-2-3-13-6-8-17-9-7-13/h4-9,11H,2-3,10H2,1H3,(H,18,19). The van der Waals surface area contributed by atoms with Gasteiger partial charge in [-0.2, -0.15) is 0 Å². The second-order valence-electron chi connectivity index (χ2n) is 4.61. The molecule has 0 radical (unpaired) electrons. The summed E-state index contributed by atoms with van der Waals surface area (Å²) in [5.41, 5.74) is 2.39. The van der Waals surface area contributed by atoms with Gasteiger partial charge in [0.05, 0.1) is 6.61 Å². The molecule has 2 rings (SSSR count). The van der Waals surface area contributed by atoms with Crippen molar-refractivity contribution in [2.45, 2.75) is 19.8 Å². The van der Waals surface area contributed by atoms with E-state index in [9.17, 15) is 4.79 Å². The van der Waals surface area contributed by atoms with Gasteiger partial charge in [-0.15, -0.1) is 0 Å². The highest BCUT2D eigenvalue weighted by Crippen LogP contribution is 2.20. The summed E-state index contributed by atoms with van der Waals surface area (Å²) in [6, 6.07) is 9.05. The van der Waals surface area contributed by atoms with Crippen LogP contribution < -0.4 is 4.74 Å². The number of carbonyl (C=O) groups is 1. The third kappa shape index (κ3) is 3.82. The summed E-state index contributed by atoms with van der Waals surface area (Å²) in [6.07, 6.45) is 5.24. The summed E-state index contributed by atoms with van der Waals surface area (Å²) in [6.45, 7) is 2.40. The van der Waals surface area contributed by atoms with E-state index in [1.807, 2.05) is 19.1 Å². The van der Waals surface area contributed by atoms with Crippen molar-refractivity contribution in [2.75, 3.05) is 6.61 Å². The van der Waals surface area contributed by atoms with Gasteiger partial charge in [0.1, 0.15) is 11.3 Å². The number of pyridine rings is 1. The highest BCUT2D eigenvalue weighted by molar-refractivity contribution is 5.90. The van der Waals surface area contributed by atoms with Gasteiger partial charge in [-0.3, -0.25) is 4.98 Å². The summed E-state index contributed by atoms with van der Waals surface area (Å²) < 4.78 is 5.60. The number of aryl methyl sites for hydroxylation is 2. The van der Waals surface area contributed by atoms with Crippen LogP contribution in [0.1, 0.15) is 27.9 Å². The van der Waals surface area contributed by atoms with Gasteiger partial charge in [0.25, 0.3) is 0 Å².